The number of likely N-dealkylation sites (N-methyl/N-ethyl adjacent to an activating group) is 1. The Morgan fingerprint density at radius 1 is 1.19 bits per heavy atom. The fourth-order valence-electron chi connectivity index (χ4n) is 2.91. The summed E-state index contributed by atoms with van der Waals surface area (Å²) in [6.07, 6.45) is 1.78. The van der Waals surface area contributed by atoms with Crippen molar-refractivity contribution >= 4 is 0 Å². The Morgan fingerprint density at radius 3 is 2.50 bits per heavy atom. The minimum absolute atomic E-state index is 0.336. The van der Waals surface area contributed by atoms with Crippen LogP contribution in [0, 0.1) is 0 Å². The first-order valence-electron chi connectivity index (χ1n) is 6.35. The van der Waals surface area contributed by atoms with Crippen LogP contribution in [0.15, 0.2) is 0 Å². The van der Waals surface area contributed by atoms with E-state index in [0.717, 1.165) is 32.7 Å². The van der Waals surface area contributed by atoms with E-state index in [1.165, 1.54) is 0 Å². The molecule has 2 aliphatic rings. The maximum atomic E-state index is 5.77. The van der Waals surface area contributed by atoms with Gasteiger partial charge in [0.15, 0.2) is 0 Å². The summed E-state index contributed by atoms with van der Waals surface area (Å²) in [5, 5.41) is 3.42. The molecule has 0 spiro atoms. The molecule has 4 nitrogen and oxygen atoms in total. The first-order chi connectivity index (χ1) is 7.70. The quantitative estimate of drug-likeness (QED) is 0.745. The zero-order chi connectivity index (χ0) is 11.5. The van der Waals surface area contributed by atoms with Gasteiger partial charge in [-0.25, -0.2) is 0 Å². The summed E-state index contributed by atoms with van der Waals surface area (Å²) >= 11 is 0. The summed E-state index contributed by atoms with van der Waals surface area (Å²) in [6, 6.07) is 1.07. The largest absolute Gasteiger partial charge is 0.380 e. The topological polar surface area (TPSA) is 33.7 Å². The number of hydrogen-bond donors (Lipinski definition) is 1. The molecule has 2 fully saturated rings. The Kier molecular flexibility index (Phi) is 4.19. The Bertz CT molecular complexity index is 215. The van der Waals surface area contributed by atoms with Gasteiger partial charge in [0.2, 0.25) is 0 Å². The molecule has 4 heteroatoms. The fourth-order valence-corrected chi connectivity index (χ4v) is 2.91. The number of nitrogens with one attached hydrogen (secondary N) is 1. The molecule has 0 bridgehead atoms. The predicted molar refractivity (Wildman–Crippen MR) is 63.7 cm³/mol. The molecule has 0 aromatic rings. The van der Waals surface area contributed by atoms with E-state index in [9.17, 15) is 0 Å². The second kappa shape index (κ2) is 5.45. The Morgan fingerprint density at radius 2 is 1.88 bits per heavy atom. The number of rotatable bonds is 2. The van der Waals surface area contributed by atoms with Gasteiger partial charge in [0.25, 0.3) is 0 Å². The van der Waals surface area contributed by atoms with Crippen molar-refractivity contribution in [2.75, 3.05) is 33.4 Å². The van der Waals surface area contributed by atoms with E-state index in [0.29, 0.717) is 24.3 Å². The van der Waals surface area contributed by atoms with Crippen LogP contribution in [0.3, 0.4) is 0 Å². The molecule has 2 saturated heterocycles. The first kappa shape index (κ1) is 12.3. The van der Waals surface area contributed by atoms with Gasteiger partial charge in [-0.05, 0) is 27.3 Å². The highest BCUT2D eigenvalue weighted by atomic mass is 16.5. The second-order valence-electron chi connectivity index (χ2n) is 5.04. The molecule has 4 unspecified atom stereocenters. The zero-order valence-electron chi connectivity index (χ0n) is 10.6. The average Bonchev–Trinajstić information content (AvgIpc) is 2.27. The molecule has 0 aliphatic carbocycles. The highest BCUT2D eigenvalue weighted by Crippen LogP contribution is 2.19. The molecule has 0 radical (unpaired) electrons. The Hall–Kier alpha value is -0.160. The number of hydrogen-bond acceptors (Lipinski definition) is 4. The smallest absolute Gasteiger partial charge is 0.0678 e. The van der Waals surface area contributed by atoms with Crippen LogP contribution >= 0.6 is 0 Å². The number of morpholine rings is 1. The number of ether oxygens (including phenoxy) is 2. The minimum atomic E-state index is 0.336. The Balaban J connectivity index is 1.98. The van der Waals surface area contributed by atoms with Crippen LogP contribution in [0.4, 0.5) is 0 Å². The average molecular weight is 228 g/mol. The van der Waals surface area contributed by atoms with Crippen molar-refractivity contribution in [1.82, 2.24) is 10.2 Å². The minimum Gasteiger partial charge on any atom is -0.380 e. The molecule has 1 N–H and O–H groups in total. The summed E-state index contributed by atoms with van der Waals surface area (Å²) in [4.78, 5) is 2.53. The lowest BCUT2D eigenvalue weighted by Crippen LogP contribution is -2.59. The van der Waals surface area contributed by atoms with Crippen molar-refractivity contribution in [3.63, 3.8) is 0 Å². The third-order valence-corrected chi connectivity index (χ3v) is 3.61. The second-order valence-corrected chi connectivity index (χ2v) is 5.04. The summed E-state index contributed by atoms with van der Waals surface area (Å²) in [5.41, 5.74) is 0. The number of nitrogens with zero attached hydrogens (tertiary/aromatic N) is 1. The van der Waals surface area contributed by atoms with Gasteiger partial charge < -0.3 is 14.8 Å². The van der Waals surface area contributed by atoms with E-state index in [1.54, 1.807) is 0 Å². The van der Waals surface area contributed by atoms with Crippen LogP contribution < -0.4 is 5.32 Å². The van der Waals surface area contributed by atoms with Gasteiger partial charge >= 0.3 is 0 Å². The van der Waals surface area contributed by atoms with E-state index in [1.807, 2.05) is 0 Å². The van der Waals surface area contributed by atoms with Gasteiger partial charge in [0.05, 0.1) is 18.8 Å². The lowest BCUT2D eigenvalue weighted by atomic mass is 10.0. The lowest BCUT2D eigenvalue weighted by Gasteiger charge is -2.44. The maximum Gasteiger partial charge on any atom is 0.0678 e. The molecule has 0 saturated carbocycles. The fraction of sp³-hybridized carbons (Fsp3) is 1.00. The van der Waals surface area contributed by atoms with Crippen molar-refractivity contribution in [2.45, 2.75) is 44.6 Å². The van der Waals surface area contributed by atoms with E-state index >= 15 is 0 Å². The van der Waals surface area contributed by atoms with Crippen molar-refractivity contribution < 1.29 is 9.47 Å². The molecule has 0 aromatic carbocycles. The first-order valence-corrected chi connectivity index (χ1v) is 6.35. The standard InChI is InChI=1S/C12H24N2O2/c1-9-6-14(7-10(2)16-9)12-8-15-5-4-11(12)13-3/h9-13H,4-8H2,1-3H3. The Labute approximate surface area is 98.3 Å². The van der Waals surface area contributed by atoms with E-state index < -0.39 is 0 Å². The normalized spacial score (nSPS) is 42.2. The molecule has 2 rings (SSSR count). The molecule has 2 heterocycles. The monoisotopic (exact) mass is 228 g/mol. The highest BCUT2D eigenvalue weighted by Gasteiger charge is 2.34. The summed E-state index contributed by atoms with van der Waals surface area (Å²) < 4.78 is 11.4. The zero-order valence-corrected chi connectivity index (χ0v) is 10.6. The molecular formula is C12H24N2O2. The molecule has 2 aliphatic heterocycles. The van der Waals surface area contributed by atoms with Crippen molar-refractivity contribution in [2.24, 2.45) is 0 Å². The van der Waals surface area contributed by atoms with Crippen LogP contribution in [0.1, 0.15) is 20.3 Å². The van der Waals surface area contributed by atoms with Crippen LogP contribution in [0.2, 0.25) is 0 Å². The summed E-state index contributed by atoms with van der Waals surface area (Å²) in [5.74, 6) is 0. The molecule has 0 aromatic heterocycles. The van der Waals surface area contributed by atoms with Crippen LogP contribution in [-0.2, 0) is 9.47 Å². The van der Waals surface area contributed by atoms with Crippen LogP contribution in [0.25, 0.3) is 0 Å². The van der Waals surface area contributed by atoms with E-state index in [-0.39, 0.29) is 0 Å². The van der Waals surface area contributed by atoms with Crippen molar-refractivity contribution in [1.29, 1.82) is 0 Å². The predicted octanol–water partition coefficient (Wildman–Crippen LogP) is 0.473. The summed E-state index contributed by atoms with van der Waals surface area (Å²) in [6.45, 7) is 8.09. The molecule has 0 amide bonds. The van der Waals surface area contributed by atoms with Gasteiger partial charge in [-0.15, -0.1) is 0 Å². The van der Waals surface area contributed by atoms with Gasteiger partial charge in [-0.3, -0.25) is 4.90 Å². The third kappa shape index (κ3) is 2.74. The van der Waals surface area contributed by atoms with Crippen molar-refractivity contribution in [3.8, 4) is 0 Å². The molecular weight excluding hydrogens is 204 g/mol. The SMILES string of the molecule is CNC1CCOCC1N1CC(C)OC(C)C1. The van der Waals surface area contributed by atoms with Gasteiger partial charge in [-0.1, -0.05) is 0 Å². The van der Waals surface area contributed by atoms with Gasteiger partial charge in [0, 0.05) is 31.8 Å². The van der Waals surface area contributed by atoms with Gasteiger partial charge in [-0.2, -0.15) is 0 Å². The van der Waals surface area contributed by atoms with E-state index in [2.05, 4.69) is 31.1 Å². The third-order valence-electron chi connectivity index (χ3n) is 3.61. The van der Waals surface area contributed by atoms with Crippen LogP contribution in [0.5, 0.6) is 0 Å². The molecule has 94 valence electrons. The maximum absolute atomic E-state index is 5.77. The van der Waals surface area contributed by atoms with Crippen LogP contribution in [-0.4, -0.2) is 62.5 Å². The highest BCUT2D eigenvalue weighted by molar-refractivity contribution is 4.89. The van der Waals surface area contributed by atoms with E-state index in [4.69, 9.17) is 9.47 Å². The lowest BCUT2D eigenvalue weighted by molar-refractivity contribution is -0.103. The van der Waals surface area contributed by atoms with Gasteiger partial charge in [0.1, 0.15) is 0 Å². The molecule has 16 heavy (non-hydrogen) atoms. The molecule has 4 atom stereocenters. The summed E-state index contributed by atoms with van der Waals surface area (Å²) in [7, 11) is 2.05. The van der Waals surface area contributed by atoms with Crippen molar-refractivity contribution in [3.05, 3.63) is 0 Å².